The van der Waals surface area contributed by atoms with Gasteiger partial charge in [-0.1, -0.05) is 39.0 Å². The van der Waals surface area contributed by atoms with Gasteiger partial charge >= 0.3 is 0 Å². The van der Waals surface area contributed by atoms with Crippen LogP contribution in [0.3, 0.4) is 0 Å². The molecule has 0 saturated heterocycles. The van der Waals surface area contributed by atoms with Crippen LogP contribution in [0.2, 0.25) is 0 Å². The number of amides is 1. The van der Waals surface area contributed by atoms with Crippen LogP contribution in [0, 0.1) is 5.92 Å². The van der Waals surface area contributed by atoms with Gasteiger partial charge in [-0.05, 0) is 36.3 Å². The van der Waals surface area contributed by atoms with Crippen LogP contribution in [-0.4, -0.2) is 10.9 Å². The van der Waals surface area contributed by atoms with Gasteiger partial charge < -0.3 is 5.32 Å². The molecule has 1 aliphatic carbocycles. The average molecular weight is 314 g/mol. The van der Waals surface area contributed by atoms with E-state index in [1.54, 1.807) is 11.3 Å². The van der Waals surface area contributed by atoms with Gasteiger partial charge in [-0.2, -0.15) is 0 Å². The molecule has 1 atom stereocenters. The molecule has 1 aromatic heterocycles. The largest absolute Gasteiger partial charge is 0.326 e. The van der Waals surface area contributed by atoms with Crippen molar-refractivity contribution in [1.29, 1.82) is 0 Å². The minimum atomic E-state index is 0.0152. The van der Waals surface area contributed by atoms with Crippen molar-refractivity contribution < 1.29 is 4.79 Å². The summed E-state index contributed by atoms with van der Waals surface area (Å²) >= 11 is 1.67. The van der Waals surface area contributed by atoms with E-state index in [0.717, 1.165) is 24.9 Å². The topological polar surface area (TPSA) is 42.0 Å². The van der Waals surface area contributed by atoms with E-state index in [9.17, 15) is 4.79 Å². The number of aromatic nitrogens is 1. The number of carbonyl (C=O) groups excluding carboxylic acids is 1. The first-order valence-electron chi connectivity index (χ1n) is 7.77. The maximum Gasteiger partial charge on any atom is 0.227 e. The molecule has 1 aliphatic rings. The number of fused-ring (bicyclic) bond motifs is 1. The molecule has 0 radical (unpaired) electrons. The molecule has 3 nitrogen and oxygen atoms in total. The lowest BCUT2D eigenvalue weighted by Gasteiger charge is -2.25. The number of nitrogens with zero attached hydrogens (tertiary/aromatic N) is 1. The Hall–Kier alpha value is -1.68. The number of hydrogen-bond donors (Lipinski definition) is 1. The molecule has 22 heavy (non-hydrogen) atoms. The molecule has 1 heterocycles. The Balaban J connectivity index is 1.76. The molecule has 0 spiro atoms. The molecule has 3 rings (SSSR count). The maximum absolute atomic E-state index is 12.7. The van der Waals surface area contributed by atoms with Crippen molar-refractivity contribution >= 4 is 22.9 Å². The van der Waals surface area contributed by atoms with Crippen molar-refractivity contribution in [2.24, 2.45) is 5.92 Å². The lowest BCUT2D eigenvalue weighted by molar-refractivity contribution is -0.120. The fourth-order valence-electron chi connectivity index (χ4n) is 3.01. The molecule has 0 saturated carbocycles. The Kier molecular flexibility index (Phi) is 4.04. The summed E-state index contributed by atoms with van der Waals surface area (Å²) in [5.41, 5.74) is 5.21. The van der Waals surface area contributed by atoms with Gasteiger partial charge in [0, 0.05) is 16.5 Å². The monoisotopic (exact) mass is 314 g/mol. The first-order valence-corrected chi connectivity index (χ1v) is 8.65. The third kappa shape index (κ3) is 3.07. The zero-order valence-corrected chi connectivity index (χ0v) is 14.2. The number of para-hydroxylation sites is 1. The van der Waals surface area contributed by atoms with Crippen LogP contribution < -0.4 is 5.32 Å². The number of benzene rings is 1. The van der Waals surface area contributed by atoms with Crippen LogP contribution in [0.4, 0.5) is 5.69 Å². The molecule has 0 fully saturated rings. The van der Waals surface area contributed by atoms with E-state index in [2.05, 4.69) is 37.1 Å². The quantitative estimate of drug-likeness (QED) is 0.903. The zero-order valence-electron chi connectivity index (χ0n) is 13.3. The number of nitrogens with one attached hydrogen (secondary N) is 1. The molecule has 1 aromatic carbocycles. The first-order chi connectivity index (χ1) is 10.4. The fraction of sp³-hybridized carbons (Fsp3) is 0.444. The molecular formula is C18H22N2OS. The standard InChI is InChI=1S/C18H22N2OS/c1-18(2,3)13-6-4-5-7-14(13)20-17(21)12-8-9-15-16(10-12)22-11-19-15/h4-7,11-12H,8-10H2,1-3H3,(H,20,21). The highest BCUT2D eigenvalue weighted by Gasteiger charge is 2.27. The zero-order chi connectivity index (χ0) is 15.7. The Morgan fingerprint density at radius 1 is 1.32 bits per heavy atom. The van der Waals surface area contributed by atoms with Crippen LogP contribution in [0.15, 0.2) is 29.8 Å². The van der Waals surface area contributed by atoms with Crippen molar-refractivity contribution in [2.45, 2.75) is 45.4 Å². The van der Waals surface area contributed by atoms with Gasteiger partial charge in [0.25, 0.3) is 0 Å². The summed E-state index contributed by atoms with van der Waals surface area (Å²) in [6.07, 6.45) is 2.63. The predicted octanol–water partition coefficient (Wildman–Crippen LogP) is 4.18. The van der Waals surface area contributed by atoms with Gasteiger partial charge in [-0.15, -0.1) is 11.3 Å². The van der Waals surface area contributed by atoms with Crippen molar-refractivity contribution in [3.63, 3.8) is 0 Å². The van der Waals surface area contributed by atoms with Crippen LogP contribution in [0.5, 0.6) is 0 Å². The third-order valence-corrected chi connectivity index (χ3v) is 5.15. The van der Waals surface area contributed by atoms with Crippen molar-refractivity contribution in [1.82, 2.24) is 4.98 Å². The van der Waals surface area contributed by atoms with Gasteiger partial charge in [-0.25, -0.2) is 4.98 Å². The number of rotatable bonds is 2. The van der Waals surface area contributed by atoms with Gasteiger partial charge in [-0.3, -0.25) is 4.79 Å². The van der Waals surface area contributed by atoms with Crippen molar-refractivity contribution in [2.75, 3.05) is 5.32 Å². The van der Waals surface area contributed by atoms with E-state index >= 15 is 0 Å². The van der Waals surface area contributed by atoms with E-state index in [1.165, 1.54) is 16.1 Å². The number of carbonyl (C=O) groups is 1. The van der Waals surface area contributed by atoms with Crippen molar-refractivity contribution in [3.05, 3.63) is 45.9 Å². The maximum atomic E-state index is 12.7. The van der Waals surface area contributed by atoms with Crippen LogP contribution in [0.25, 0.3) is 0 Å². The van der Waals surface area contributed by atoms with E-state index in [4.69, 9.17) is 0 Å². The molecule has 0 aliphatic heterocycles. The Bertz CT molecular complexity index is 684. The normalized spacial score (nSPS) is 17.9. The summed E-state index contributed by atoms with van der Waals surface area (Å²) in [6.45, 7) is 6.51. The Labute approximate surface area is 135 Å². The molecule has 0 bridgehead atoms. The van der Waals surface area contributed by atoms with Gasteiger partial charge in [0.15, 0.2) is 0 Å². The summed E-state index contributed by atoms with van der Waals surface area (Å²) in [5, 5.41) is 3.16. The fourth-order valence-corrected chi connectivity index (χ4v) is 3.90. The molecular weight excluding hydrogens is 292 g/mol. The van der Waals surface area contributed by atoms with Crippen LogP contribution in [0.1, 0.15) is 43.3 Å². The number of thiazole rings is 1. The minimum Gasteiger partial charge on any atom is -0.326 e. The average Bonchev–Trinajstić information content (AvgIpc) is 2.94. The lowest BCUT2D eigenvalue weighted by Crippen LogP contribution is -2.29. The number of anilines is 1. The highest BCUT2D eigenvalue weighted by molar-refractivity contribution is 7.09. The summed E-state index contributed by atoms with van der Waals surface area (Å²) in [5.74, 6) is 0.191. The van der Waals surface area contributed by atoms with Gasteiger partial charge in [0.05, 0.1) is 11.2 Å². The summed E-state index contributed by atoms with van der Waals surface area (Å²) in [7, 11) is 0. The molecule has 1 N–H and O–H groups in total. The van der Waals surface area contributed by atoms with E-state index in [-0.39, 0.29) is 17.2 Å². The second-order valence-electron chi connectivity index (χ2n) is 6.95. The summed E-state index contributed by atoms with van der Waals surface area (Å²) in [6, 6.07) is 8.10. The third-order valence-electron chi connectivity index (χ3n) is 4.25. The van der Waals surface area contributed by atoms with E-state index < -0.39 is 0 Å². The van der Waals surface area contributed by atoms with Crippen LogP contribution in [-0.2, 0) is 23.1 Å². The van der Waals surface area contributed by atoms with Crippen molar-refractivity contribution in [3.8, 4) is 0 Å². The molecule has 116 valence electrons. The van der Waals surface area contributed by atoms with E-state index in [0.29, 0.717) is 0 Å². The molecule has 4 heteroatoms. The highest BCUT2D eigenvalue weighted by Crippen LogP contribution is 2.32. The Morgan fingerprint density at radius 3 is 2.86 bits per heavy atom. The molecule has 2 aromatic rings. The summed E-state index contributed by atoms with van der Waals surface area (Å²) < 4.78 is 0. The highest BCUT2D eigenvalue weighted by atomic mass is 32.1. The molecule has 1 unspecified atom stereocenters. The number of hydrogen-bond acceptors (Lipinski definition) is 3. The SMILES string of the molecule is CC(C)(C)c1ccccc1NC(=O)C1CCc2ncsc2C1. The minimum absolute atomic E-state index is 0.0152. The lowest BCUT2D eigenvalue weighted by atomic mass is 9.85. The smallest absolute Gasteiger partial charge is 0.227 e. The van der Waals surface area contributed by atoms with E-state index in [1.807, 2.05) is 23.7 Å². The Morgan fingerprint density at radius 2 is 2.09 bits per heavy atom. The second-order valence-corrected chi connectivity index (χ2v) is 7.89. The van der Waals surface area contributed by atoms with Gasteiger partial charge in [0.1, 0.15) is 0 Å². The second kappa shape index (κ2) is 5.84. The number of aryl methyl sites for hydroxylation is 1. The molecule has 1 amide bonds. The van der Waals surface area contributed by atoms with Crippen LogP contribution >= 0.6 is 11.3 Å². The van der Waals surface area contributed by atoms with Gasteiger partial charge in [0.2, 0.25) is 5.91 Å². The summed E-state index contributed by atoms with van der Waals surface area (Å²) in [4.78, 5) is 18.3. The first kappa shape index (κ1) is 15.2. The predicted molar refractivity (Wildman–Crippen MR) is 91.4 cm³/mol.